The van der Waals surface area contributed by atoms with Crippen molar-refractivity contribution < 1.29 is 18.3 Å². The van der Waals surface area contributed by atoms with Crippen LogP contribution < -0.4 is 0 Å². The van der Waals surface area contributed by atoms with Gasteiger partial charge in [-0.05, 0) is 29.7 Å². The lowest BCUT2D eigenvalue weighted by Gasteiger charge is -2.26. The van der Waals surface area contributed by atoms with Gasteiger partial charge in [0.25, 0.3) is 0 Å². The molecular formula is C18H18F3N3O. The molecule has 2 heterocycles. The van der Waals surface area contributed by atoms with Crippen LogP contribution in [0.2, 0.25) is 0 Å². The van der Waals surface area contributed by atoms with Crippen LogP contribution in [0.25, 0.3) is 0 Å². The van der Waals surface area contributed by atoms with Gasteiger partial charge in [0, 0.05) is 32.4 Å². The molecule has 0 spiro atoms. The van der Waals surface area contributed by atoms with Crippen LogP contribution in [0.4, 0.5) is 13.2 Å². The topological polar surface area (TPSA) is 52.2 Å². The highest BCUT2D eigenvalue weighted by Gasteiger charge is 2.39. The number of rotatable bonds is 3. The highest BCUT2D eigenvalue weighted by molar-refractivity contribution is 5.34. The Kier molecular flexibility index (Phi) is 4.58. The summed E-state index contributed by atoms with van der Waals surface area (Å²) in [5.41, 5.74) is 0.845. The van der Waals surface area contributed by atoms with Gasteiger partial charge in [0.05, 0.1) is 11.7 Å². The van der Waals surface area contributed by atoms with Crippen LogP contribution in [-0.2, 0) is 19.8 Å². The summed E-state index contributed by atoms with van der Waals surface area (Å²) in [5.74, 6) is 0. The van der Waals surface area contributed by atoms with Gasteiger partial charge in [0.1, 0.15) is 11.8 Å². The smallest absolute Gasteiger partial charge is 0.392 e. The summed E-state index contributed by atoms with van der Waals surface area (Å²) in [6.07, 6.45) is -3.07. The van der Waals surface area contributed by atoms with Gasteiger partial charge in [0.15, 0.2) is 0 Å². The van der Waals surface area contributed by atoms with E-state index < -0.39 is 23.9 Å². The molecule has 0 aliphatic carbocycles. The number of halogens is 3. The first-order chi connectivity index (χ1) is 11.8. The van der Waals surface area contributed by atoms with E-state index in [1.54, 1.807) is 29.9 Å². The minimum absolute atomic E-state index is 0.183. The van der Waals surface area contributed by atoms with Crippen molar-refractivity contribution in [1.29, 1.82) is 5.26 Å². The Morgan fingerprint density at radius 2 is 2.04 bits per heavy atom. The lowest BCUT2D eigenvalue weighted by atomic mass is 9.97. The zero-order chi connectivity index (χ0) is 18.2. The SMILES string of the molecule is Cn1cc(CN2C[C@H](O)C[C@H]2c2ccccc2C(F)(F)F)cc1C#N. The molecule has 0 saturated carbocycles. The van der Waals surface area contributed by atoms with Crippen molar-refractivity contribution in [1.82, 2.24) is 9.47 Å². The van der Waals surface area contributed by atoms with Crippen molar-refractivity contribution in [2.75, 3.05) is 6.54 Å². The van der Waals surface area contributed by atoms with Gasteiger partial charge in [-0.1, -0.05) is 18.2 Å². The average Bonchev–Trinajstić information content (AvgIpc) is 3.09. The fraction of sp³-hybridized carbons (Fsp3) is 0.389. The van der Waals surface area contributed by atoms with Crippen molar-refractivity contribution in [2.24, 2.45) is 7.05 Å². The molecule has 0 unspecified atom stereocenters. The number of likely N-dealkylation sites (tertiary alicyclic amines) is 1. The fourth-order valence-corrected chi connectivity index (χ4v) is 3.49. The van der Waals surface area contributed by atoms with Crippen LogP contribution in [0.5, 0.6) is 0 Å². The first kappa shape index (κ1) is 17.5. The van der Waals surface area contributed by atoms with Crippen LogP contribution >= 0.6 is 0 Å². The van der Waals surface area contributed by atoms with Gasteiger partial charge < -0.3 is 9.67 Å². The first-order valence-electron chi connectivity index (χ1n) is 7.93. The number of nitriles is 1. The normalized spacial score (nSPS) is 21.4. The lowest BCUT2D eigenvalue weighted by molar-refractivity contribution is -0.138. The third-order valence-electron chi connectivity index (χ3n) is 4.57. The lowest BCUT2D eigenvalue weighted by Crippen LogP contribution is -2.25. The van der Waals surface area contributed by atoms with Gasteiger partial charge in [0.2, 0.25) is 0 Å². The molecule has 1 fully saturated rings. The quantitative estimate of drug-likeness (QED) is 0.926. The Morgan fingerprint density at radius 3 is 2.68 bits per heavy atom. The number of aryl methyl sites for hydroxylation is 1. The molecular weight excluding hydrogens is 331 g/mol. The number of nitrogens with zero attached hydrogens (tertiary/aromatic N) is 3. The Bertz CT molecular complexity index is 807. The number of hydrogen-bond acceptors (Lipinski definition) is 3. The van der Waals surface area contributed by atoms with E-state index in [1.807, 2.05) is 4.90 Å². The minimum atomic E-state index is -4.43. The van der Waals surface area contributed by atoms with E-state index in [2.05, 4.69) is 6.07 Å². The molecule has 1 N–H and O–H groups in total. The largest absolute Gasteiger partial charge is 0.416 e. The zero-order valence-electron chi connectivity index (χ0n) is 13.7. The third-order valence-corrected chi connectivity index (χ3v) is 4.57. The van der Waals surface area contributed by atoms with Crippen molar-refractivity contribution in [3.63, 3.8) is 0 Å². The molecule has 0 bridgehead atoms. The van der Waals surface area contributed by atoms with Gasteiger partial charge in [-0.15, -0.1) is 0 Å². The van der Waals surface area contributed by atoms with E-state index >= 15 is 0 Å². The first-order valence-corrected chi connectivity index (χ1v) is 7.93. The zero-order valence-corrected chi connectivity index (χ0v) is 13.7. The number of hydrogen-bond donors (Lipinski definition) is 1. The highest BCUT2D eigenvalue weighted by atomic mass is 19.4. The summed E-state index contributed by atoms with van der Waals surface area (Å²) in [5, 5.41) is 19.1. The summed E-state index contributed by atoms with van der Waals surface area (Å²) in [4.78, 5) is 1.84. The standard InChI is InChI=1S/C18H18F3N3O/c1-23-9-12(6-13(23)8-22)10-24-11-14(25)7-17(24)15-4-2-3-5-16(15)18(19,20)21/h2-6,9,14,17,25H,7,10-11H2,1H3/t14-,17+/m1/s1. The van der Waals surface area contributed by atoms with Crippen LogP contribution in [0.1, 0.15) is 34.8 Å². The van der Waals surface area contributed by atoms with Crippen LogP contribution in [-0.4, -0.2) is 27.2 Å². The molecule has 0 amide bonds. The predicted octanol–water partition coefficient (Wildman–Crippen LogP) is 3.22. The van der Waals surface area contributed by atoms with E-state index in [0.29, 0.717) is 18.8 Å². The molecule has 1 aromatic heterocycles. The molecule has 1 aromatic carbocycles. The second-order valence-corrected chi connectivity index (χ2v) is 6.38. The summed E-state index contributed by atoms with van der Waals surface area (Å²) in [6, 6.07) is 8.79. The number of aromatic nitrogens is 1. The summed E-state index contributed by atoms with van der Waals surface area (Å²) in [7, 11) is 1.75. The molecule has 0 radical (unpaired) electrons. The number of aliphatic hydroxyl groups is 1. The fourth-order valence-electron chi connectivity index (χ4n) is 3.49. The summed E-state index contributed by atoms with van der Waals surface area (Å²) >= 11 is 0. The van der Waals surface area contributed by atoms with Gasteiger partial charge in [-0.2, -0.15) is 18.4 Å². The number of β-amino-alcohol motifs (C(OH)–C–C–N with tert-alkyl or cyclic N) is 1. The Hall–Kier alpha value is -2.30. The Labute approximate surface area is 143 Å². The van der Waals surface area contributed by atoms with E-state index in [4.69, 9.17) is 5.26 Å². The molecule has 2 atom stereocenters. The van der Waals surface area contributed by atoms with E-state index in [-0.39, 0.29) is 12.0 Å². The maximum Gasteiger partial charge on any atom is 0.416 e. The number of alkyl halides is 3. The second kappa shape index (κ2) is 6.54. The van der Waals surface area contributed by atoms with E-state index in [1.165, 1.54) is 12.1 Å². The van der Waals surface area contributed by atoms with E-state index in [9.17, 15) is 18.3 Å². The van der Waals surface area contributed by atoms with Gasteiger partial charge in [-0.3, -0.25) is 4.90 Å². The number of aliphatic hydroxyl groups excluding tert-OH is 1. The maximum absolute atomic E-state index is 13.3. The van der Waals surface area contributed by atoms with Crippen LogP contribution in [0.15, 0.2) is 36.5 Å². The Morgan fingerprint density at radius 1 is 1.32 bits per heavy atom. The monoisotopic (exact) mass is 349 g/mol. The van der Waals surface area contributed by atoms with Crippen molar-refractivity contribution in [2.45, 2.75) is 31.3 Å². The van der Waals surface area contributed by atoms with Gasteiger partial charge in [-0.25, -0.2) is 0 Å². The number of benzene rings is 1. The molecule has 1 saturated heterocycles. The second-order valence-electron chi connectivity index (χ2n) is 6.38. The summed E-state index contributed by atoms with van der Waals surface area (Å²) < 4.78 is 41.7. The molecule has 1 aliphatic rings. The van der Waals surface area contributed by atoms with Crippen LogP contribution in [0.3, 0.4) is 0 Å². The highest BCUT2D eigenvalue weighted by Crippen LogP contribution is 2.40. The molecule has 4 nitrogen and oxygen atoms in total. The molecule has 7 heteroatoms. The third kappa shape index (κ3) is 3.55. The Balaban J connectivity index is 1.92. The molecule has 132 valence electrons. The molecule has 1 aliphatic heterocycles. The summed E-state index contributed by atoms with van der Waals surface area (Å²) in [6.45, 7) is 0.678. The van der Waals surface area contributed by atoms with Crippen molar-refractivity contribution in [3.8, 4) is 6.07 Å². The van der Waals surface area contributed by atoms with Gasteiger partial charge >= 0.3 is 6.18 Å². The molecule has 2 aromatic rings. The van der Waals surface area contributed by atoms with Crippen molar-refractivity contribution >= 4 is 0 Å². The average molecular weight is 349 g/mol. The molecule has 25 heavy (non-hydrogen) atoms. The van der Waals surface area contributed by atoms with Crippen molar-refractivity contribution in [3.05, 3.63) is 58.9 Å². The maximum atomic E-state index is 13.3. The van der Waals surface area contributed by atoms with Crippen LogP contribution in [0, 0.1) is 11.3 Å². The molecule has 3 rings (SSSR count). The minimum Gasteiger partial charge on any atom is -0.392 e. The van der Waals surface area contributed by atoms with E-state index in [0.717, 1.165) is 11.6 Å². The predicted molar refractivity (Wildman–Crippen MR) is 85.3 cm³/mol.